The summed E-state index contributed by atoms with van der Waals surface area (Å²) in [5.41, 5.74) is 0. The second kappa shape index (κ2) is 6.67. The van der Waals surface area contributed by atoms with Crippen molar-refractivity contribution in [2.24, 2.45) is 23.7 Å². The van der Waals surface area contributed by atoms with Crippen molar-refractivity contribution in [2.75, 3.05) is 0 Å². The van der Waals surface area contributed by atoms with Gasteiger partial charge in [-0.3, -0.25) is 4.79 Å². The van der Waals surface area contributed by atoms with E-state index in [4.69, 9.17) is 5.11 Å². The summed E-state index contributed by atoms with van der Waals surface area (Å²) in [6, 6.07) is -0.391. The largest absolute Gasteiger partial charge is 0.481 e. The van der Waals surface area contributed by atoms with E-state index in [1.54, 1.807) is 0 Å². The van der Waals surface area contributed by atoms with Crippen LogP contribution in [0.2, 0.25) is 0 Å². The molecule has 0 radical (unpaired) electrons. The molecule has 2 bridgehead atoms. The number of hydrogen-bond donors (Lipinski definition) is 3. The second-order valence-electron chi connectivity index (χ2n) is 7.19. The Morgan fingerprint density at radius 3 is 2.33 bits per heavy atom. The summed E-state index contributed by atoms with van der Waals surface area (Å²) in [5, 5.41) is 14.7. The van der Waals surface area contributed by atoms with Crippen molar-refractivity contribution in [3.05, 3.63) is 0 Å². The van der Waals surface area contributed by atoms with E-state index in [2.05, 4.69) is 17.6 Å². The number of urea groups is 1. The minimum absolute atomic E-state index is 0.0341. The smallest absolute Gasteiger partial charge is 0.315 e. The van der Waals surface area contributed by atoms with Crippen molar-refractivity contribution >= 4 is 12.0 Å². The van der Waals surface area contributed by atoms with Crippen LogP contribution in [-0.2, 0) is 4.79 Å². The van der Waals surface area contributed by atoms with E-state index in [0.29, 0.717) is 5.92 Å². The average molecular weight is 296 g/mol. The van der Waals surface area contributed by atoms with Gasteiger partial charge in [0.05, 0.1) is 6.42 Å². The van der Waals surface area contributed by atoms with Gasteiger partial charge in [0.2, 0.25) is 0 Å². The highest BCUT2D eigenvalue weighted by Gasteiger charge is 2.42. The summed E-state index contributed by atoms with van der Waals surface area (Å²) in [6.45, 7) is 5.92. The number of rotatable bonds is 6. The number of carbonyl (C=O) groups excluding carboxylic acids is 1. The van der Waals surface area contributed by atoms with Crippen molar-refractivity contribution < 1.29 is 14.7 Å². The van der Waals surface area contributed by atoms with Crippen molar-refractivity contribution in [1.29, 1.82) is 0 Å². The molecule has 0 aromatic carbocycles. The standard InChI is InChI=1S/C16H28N2O3/c1-9(2)14(8-15(19)20)18-16(21)17-10(3)13-7-11-4-5-12(13)6-11/h9-14H,4-8H2,1-3H3,(H,19,20)(H2,17,18,21). The predicted octanol–water partition coefficient (Wildman–Crippen LogP) is 2.61. The molecule has 5 nitrogen and oxygen atoms in total. The lowest BCUT2D eigenvalue weighted by Gasteiger charge is -2.29. The molecular formula is C16H28N2O3. The van der Waals surface area contributed by atoms with E-state index in [1.807, 2.05) is 13.8 Å². The third-order valence-corrected chi connectivity index (χ3v) is 5.31. The zero-order valence-corrected chi connectivity index (χ0v) is 13.3. The first-order chi connectivity index (χ1) is 9.86. The van der Waals surface area contributed by atoms with Gasteiger partial charge in [-0.1, -0.05) is 20.3 Å². The van der Waals surface area contributed by atoms with Gasteiger partial charge >= 0.3 is 12.0 Å². The third-order valence-electron chi connectivity index (χ3n) is 5.31. The zero-order chi connectivity index (χ0) is 15.6. The van der Waals surface area contributed by atoms with Crippen molar-refractivity contribution in [2.45, 2.75) is 65.0 Å². The van der Waals surface area contributed by atoms with E-state index in [-0.39, 0.29) is 30.5 Å². The number of amides is 2. The van der Waals surface area contributed by atoms with Crippen molar-refractivity contribution in [3.8, 4) is 0 Å². The fraction of sp³-hybridized carbons (Fsp3) is 0.875. The monoisotopic (exact) mass is 296 g/mol. The van der Waals surface area contributed by atoms with Crippen LogP contribution in [0.5, 0.6) is 0 Å². The molecule has 0 aromatic rings. The molecule has 120 valence electrons. The Kier molecular flexibility index (Phi) is 5.12. The Balaban J connectivity index is 1.81. The topological polar surface area (TPSA) is 78.4 Å². The van der Waals surface area contributed by atoms with Crippen LogP contribution in [0, 0.1) is 23.7 Å². The lowest BCUT2D eigenvalue weighted by atomic mass is 9.84. The zero-order valence-electron chi connectivity index (χ0n) is 13.3. The fourth-order valence-corrected chi connectivity index (χ4v) is 4.07. The molecule has 0 heterocycles. The molecule has 5 heteroatoms. The highest BCUT2D eigenvalue weighted by Crippen LogP contribution is 2.49. The normalized spacial score (nSPS) is 30.2. The SMILES string of the molecule is CC(C)C(CC(=O)O)NC(=O)NC(C)C1CC2CCC1C2. The Labute approximate surface area is 126 Å². The van der Waals surface area contributed by atoms with Crippen molar-refractivity contribution in [1.82, 2.24) is 10.6 Å². The molecule has 21 heavy (non-hydrogen) atoms. The number of hydrogen-bond acceptors (Lipinski definition) is 2. The van der Waals surface area contributed by atoms with Crippen molar-refractivity contribution in [3.63, 3.8) is 0 Å². The van der Waals surface area contributed by atoms with Crippen LogP contribution >= 0.6 is 0 Å². The minimum atomic E-state index is -0.879. The summed E-state index contributed by atoms with van der Waals surface area (Å²) in [7, 11) is 0. The molecule has 2 aliphatic rings. The molecule has 2 saturated carbocycles. The maximum atomic E-state index is 12.1. The van der Waals surface area contributed by atoms with Crippen LogP contribution in [0.4, 0.5) is 4.79 Å². The predicted molar refractivity (Wildman–Crippen MR) is 80.9 cm³/mol. The van der Waals surface area contributed by atoms with Gasteiger partial charge in [-0.15, -0.1) is 0 Å². The van der Waals surface area contributed by atoms with E-state index >= 15 is 0 Å². The van der Waals surface area contributed by atoms with Gasteiger partial charge in [0.1, 0.15) is 0 Å². The van der Waals surface area contributed by atoms with Crippen LogP contribution in [0.3, 0.4) is 0 Å². The summed E-state index contributed by atoms with van der Waals surface area (Å²) in [5.74, 6) is 1.44. The number of aliphatic carboxylic acids is 1. The highest BCUT2D eigenvalue weighted by atomic mass is 16.4. The van der Waals surface area contributed by atoms with Crippen LogP contribution in [0.1, 0.15) is 52.9 Å². The molecule has 5 atom stereocenters. The summed E-state index contributed by atoms with van der Waals surface area (Å²) >= 11 is 0. The molecule has 0 aromatic heterocycles. The maximum Gasteiger partial charge on any atom is 0.315 e. The third kappa shape index (κ3) is 4.11. The number of carboxylic acid groups (broad SMARTS) is 1. The lowest BCUT2D eigenvalue weighted by Crippen LogP contribution is -2.50. The second-order valence-corrected chi connectivity index (χ2v) is 7.19. The van der Waals surface area contributed by atoms with Crippen LogP contribution in [0.15, 0.2) is 0 Å². The average Bonchev–Trinajstić information content (AvgIpc) is 2.99. The molecule has 5 unspecified atom stereocenters. The number of fused-ring (bicyclic) bond motifs is 2. The molecule has 0 spiro atoms. The number of carbonyl (C=O) groups is 2. The van der Waals surface area contributed by atoms with E-state index in [9.17, 15) is 9.59 Å². The number of nitrogens with one attached hydrogen (secondary N) is 2. The fourth-order valence-electron chi connectivity index (χ4n) is 4.07. The molecule has 2 fully saturated rings. The summed E-state index contributed by atoms with van der Waals surface area (Å²) < 4.78 is 0. The molecule has 0 saturated heterocycles. The molecule has 0 aliphatic heterocycles. The Morgan fingerprint density at radius 2 is 1.86 bits per heavy atom. The van der Waals surface area contributed by atoms with E-state index in [1.165, 1.54) is 25.7 Å². The van der Waals surface area contributed by atoms with Gasteiger partial charge in [-0.25, -0.2) is 4.79 Å². The lowest BCUT2D eigenvalue weighted by molar-refractivity contribution is -0.137. The van der Waals surface area contributed by atoms with Crippen LogP contribution in [-0.4, -0.2) is 29.2 Å². The molecule has 2 amide bonds. The Hall–Kier alpha value is -1.26. The quantitative estimate of drug-likeness (QED) is 0.705. The van der Waals surface area contributed by atoms with Crippen LogP contribution < -0.4 is 10.6 Å². The first-order valence-electron chi connectivity index (χ1n) is 8.15. The van der Waals surface area contributed by atoms with Gasteiger partial charge in [0.15, 0.2) is 0 Å². The first kappa shape index (κ1) is 16.1. The molecule has 3 N–H and O–H groups in total. The van der Waals surface area contributed by atoms with Gasteiger partial charge in [-0.05, 0) is 49.9 Å². The van der Waals surface area contributed by atoms with E-state index in [0.717, 1.165) is 11.8 Å². The Morgan fingerprint density at radius 1 is 1.14 bits per heavy atom. The first-order valence-corrected chi connectivity index (χ1v) is 8.15. The number of carboxylic acids is 1. The van der Waals surface area contributed by atoms with Crippen LogP contribution in [0.25, 0.3) is 0 Å². The maximum absolute atomic E-state index is 12.1. The van der Waals surface area contributed by atoms with Gasteiger partial charge < -0.3 is 15.7 Å². The minimum Gasteiger partial charge on any atom is -0.481 e. The Bertz CT molecular complexity index is 397. The molecular weight excluding hydrogens is 268 g/mol. The highest BCUT2D eigenvalue weighted by molar-refractivity contribution is 5.76. The molecule has 2 rings (SSSR count). The van der Waals surface area contributed by atoms with Gasteiger partial charge in [-0.2, -0.15) is 0 Å². The summed E-state index contributed by atoms with van der Waals surface area (Å²) in [4.78, 5) is 22.9. The molecule has 2 aliphatic carbocycles. The van der Waals surface area contributed by atoms with E-state index < -0.39 is 5.97 Å². The van der Waals surface area contributed by atoms with Gasteiger partial charge in [0.25, 0.3) is 0 Å². The van der Waals surface area contributed by atoms with Gasteiger partial charge in [0, 0.05) is 12.1 Å². The summed E-state index contributed by atoms with van der Waals surface area (Å²) in [6.07, 6.45) is 5.18.